The van der Waals surface area contributed by atoms with Gasteiger partial charge in [-0.1, -0.05) is 6.07 Å². The van der Waals surface area contributed by atoms with E-state index in [1.165, 1.54) is 18.2 Å². The zero-order chi connectivity index (χ0) is 22.8. The van der Waals surface area contributed by atoms with E-state index in [0.717, 1.165) is 19.2 Å². The number of ether oxygens (including phenoxy) is 1. The first kappa shape index (κ1) is 22.1. The first-order valence-corrected chi connectivity index (χ1v) is 10.5. The fraction of sp³-hybridized carbons (Fsp3) is 0.409. The number of pyridine rings is 1. The second-order valence-corrected chi connectivity index (χ2v) is 8.05. The van der Waals surface area contributed by atoms with Crippen molar-refractivity contribution in [3.8, 4) is 23.0 Å². The quantitative estimate of drug-likeness (QED) is 0.600. The van der Waals surface area contributed by atoms with Crippen molar-refractivity contribution in [1.29, 1.82) is 0 Å². The summed E-state index contributed by atoms with van der Waals surface area (Å²) < 4.78 is 35.3. The summed E-state index contributed by atoms with van der Waals surface area (Å²) in [6, 6.07) is 5.24. The lowest BCUT2D eigenvalue weighted by molar-refractivity contribution is 0.246. The molecule has 0 saturated carbocycles. The van der Waals surface area contributed by atoms with Crippen LogP contribution in [0.15, 0.2) is 24.3 Å². The molecule has 1 saturated heterocycles. The molecule has 1 fully saturated rings. The van der Waals surface area contributed by atoms with Crippen molar-refractivity contribution < 1.29 is 18.6 Å². The second kappa shape index (κ2) is 9.17. The Balaban J connectivity index is 1.86. The van der Waals surface area contributed by atoms with Crippen molar-refractivity contribution in [3.63, 3.8) is 0 Å². The number of piperazine rings is 1. The average molecular weight is 444 g/mol. The molecule has 0 unspecified atom stereocenters. The molecule has 1 atom stereocenters. The lowest BCUT2D eigenvalue weighted by Gasteiger charge is -2.35. The molecule has 0 aliphatic carbocycles. The highest BCUT2D eigenvalue weighted by molar-refractivity contribution is 5.90. The van der Waals surface area contributed by atoms with E-state index >= 15 is 4.39 Å². The highest BCUT2D eigenvalue weighted by Gasteiger charge is 2.25. The van der Waals surface area contributed by atoms with Gasteiger partial charge >= 0.3 is 6.01 Å². The smallest absolute Gasteiger partial charge is 0.320 e. The lowest BCUT2D eigenvalue weighted by Crippen LogP contribution is -2.50. The van der Waals surface area contributed by atoms with Gasteiger partial charge in [0, 0.05) is 32.2 Å². The number of anilines is 1. The maximum absolute atomic E-state index is 15.1. The standard InChI is InChI=1S/C22H26F2N6O2/c1-13-12-25-7-8-30(13)21-14-11-16(24)19(18-15(23)5-4-6-17(18)31)26-20(14)27-22(28-21)32-10-9-29(2)3/h4-6,11,13,25,31H,7-10,12H2,1-3H3/t13-/m1/s1. The van der Waals surface area contributed by atoms with Crippen LogP contribution in [0.3, 0.4) is 0 Å². The van der Waals surface area contributed by atoms with Gasteiger partial charge in [0.05, 0.1) is 10.9 Å². The third-order valence-electron chi connectivity index (χ3n) is 5.37. The molecule has 4 rings (SSSR count). The molecule has 0 bridgehead atoms. The maximum Gasteiger partial charge on any atom is 0.320 e. The van der Waals surface area contributed by atoms with Gasteiger partial charge in [0.2, 0.25) is 0 Å². The largest absolute Gasteiger partial charge is 0.507 e. The van der Waals surface area contributed by atoms with Gasteiger partial charge in [-0.05, 0) is 39.2 Å². The summed E-state index contributed by atoms with van der Waals surface area (Å²) in [5.74, 6) is -1.43. The second-order valence-electron chi connectivity index (χ2n) is 8.05. The summed E-state index contributed by atoms with van der Waals surface area (Å²) in [5.41, 5.74) is -0.456. The van der Waals surface area contributed by atoms with Crippen LogP contribution in [-0.2, 0) is 0 Å². The Labute approximate surface area is 184 Å². The molecule has 0 radical (unpaired) electrons. The fourth-order valence-electron chi connectivity index (χ4n) is 3.68. The topological polar surface area (TPSA) is 86.6 Å². The van der Waals surface area contributed by atoms with Gasteiger partial charge in [0.25, 0.3) is 0 Å². The number of fused-ring (bicyclic) bond motifs is 1. The third kappa shape index (κ3) is 4.42. The minimum atomic E-state index is -0.775. The number of hydrogen-bond donors (Lipinski definition) is 2. The summed E-state index contributed by atoms with van der Waals surface area (Å²) in [5, 5.41) is 13.8. The molecular weight excluding hydrogens is 418 g/mol. The van der Waals surface area contributed by atoms with Gasteiger partial charge in [0.15, 0.2) is 11.5 Å². The summed E-state index contributed by atoms with van der Waals surface area (Å²) >= 11 is 0. The molecule has 2 aromatic heterocycles. The first-order chi connectivity index (χ1) is 15.3. The molecule has 0 amide bonds. The third-order valence-corrected chi connectivity index (χ3v) is 5.37. The summed E-state index contributed by atoms with van der Waals surface area (Å²) in [6.07, 6.45) is 0. The Morgan fingerprint density at radius 2 is 2.03 bits per heavy atom. The van der Waals surface area contributed by atoms with Crippen molar-refractivity contribution >= 4 is 16.9 Å². The van der Waals surface area contributed by atoms with Crippen LogP contribution >= 0.6 is 0 Å². The minimum absolute atomic E-state index is 0.106. The number of benzene rings is 1. The molecule has 32 heavy (non-hydrogen) atoms. The molecule has 10 heteroatoms. The number of halogens is 2. The van der Waals surface area contributed by atoms with Gasteiger partial charge in [-0.2, -0.15) is 9.97 Å². The monoisotopic (exact) mass is 444 g/mol. The van der Waals surface area contributed by atoms with Crippen LogP contribution in [0.1, 0.15) is 6.92 Å². The van der Waals surface area contributed by atoms with E-state index in [2.05, 4.69) is 25.2 Å². The zero-order valence-corrected chi connectivity index (χ0v) is 18.3. The van der Waals surface area contributed by atoms with E-state index in [1.54, 1.807) is 0 Å². The van der Waals surface area contributed by atoms with Crippen LogP contribution < -0.4 is 15.0 Å². The average Bonchev–Trinajstić information content (AvgIpc) is 2.74. The van der Waals surface area contributed by atoms with Crippen molar-refractivity contribution in [2.24, 2.45) is 0 Å². The van der Waals surface area contributed by atoms with Crippen LogP contribution in [0.5, 0.6) is 11.8 Å². The minimum Gasteiger partial charge on any atom is -0.507 e. The van der Waals surface area contributed by atoms with E-state index in [0.29, 0.717) is 30.9 Å². The molecule has 1 aliphatic rings. The lowest BCUT2D eigenvalue weighted by atomic mass is 10.1. The normalized spacial score (nSPS) is 16.7. The van der Waals surface area contributed by atoms with Crippen molar-refractivity contribution in [1.82, 2.24) is 25.2 Å². The van der Waals surface area contributed by atoms with E-state index in [-0.39, 0.29) is 29.0 Å². The van der Waals surface area contributed by atoms with Gasteiger partial charge in [-0.3, -0.25) is 0 Å². The van der Waals surface area contributed by atoms with Gasteiger partial charge in [-0.25, -0.2) is 13.8 Å². The van der Waals surface area contributed by atoms with Crippen LogP contribution in [0, 0.1) is 11.6 Å². The molecule has 3 aromatic rings. The fourth-order valence-corrected chi connectivity index (χ4v) is 3.68. The highest BCUT2D eigenvalue weighted by Crippen LogP contribution is 2.35. The number of nitrogens with zero attached hydrogens (tertiary/aromatic N) is 5. The number of nitrogens with one attached hydrogen (secondary N) is 1. The number of phenolic OH excluding ortho intramolecular Hbond substituents is 1. The van der Waals surface area contributed by atoms with Crippen molar-refractivity contribution in [2.45, 2.75) is 13.0 Å². The van der Waals surface area contributed by atoms with E-state index in [1.807, 2.05) is 25.9 Å². The molecule has 2 N–H and O–H groups in total. The summed E-state index contributed by atoms with van der Waals surface area (Å²) in [7, 11) is 3.85. The maximum atomic E-state index is 15.1. The Bertz CT molecular complexity index is 1110. The molecule has 8 nitrogen and oxygen atoms in total. The number of phenols is 1. The Morgan fingerprint density at radius 3 is 2.75 bits per heavy atom. The Hall–Kier alpha value is -3.11. The SMILES string of the molecule is C[C@@H]1CNCCN1c1nc(OCCN(C)C)nc2nc(-c3c(O)cccc3F)c(F)cc12. The number of aromatic nitrogens is 3. The van der Waals surface area contributed by atoms with Crippen LogP contribution in [0.25, 0.3) is 22.3 Å². The number of likely N-dealkylation sites (N-methyl/N-ethyl adjacent to an activating group) is 1. The Morgan fingerprint density at radius 1 is 1.22 bits per heavy atom. The van der Waals surface area contributed by atoms with E-state index in [9.17, 15) is 9.50 Å². The zero-order valence-electron chi connectivity index (χ0n) is 18.3. The highest BCUT2D eigenvalue weighted by atomic mass is 19.1. The molecule has 1 aromatic carbocycles. The van der Waals surface area contributed by atoms with Crippen LogP contribution in [0.2, 0.25) is 0 Å². The molecule has 170 valence electrons. The van der Waals surface area contributed by atoms with Crippen molar-refractivity contribution in [3.05, 3.63) is 35.9 Å². The molecule has 1 aliphatic heterocycles. The van der Waals surface area contributed by atoms with Gasteiger partial charge in [0.1, 0.15) is 29.7 Å². The first-order valence-electron chi connectivity index (χ1n) is 10.5. The van der Waals surface area contributed by atoms with Crippen molar-refractivity contribution in [2.75, 3.05) is 51.8 Å². The predicted molar refractivity (Wildman–Crippen MR) is 118 cm³/mol. The molecule has 3 heterocycles. The summed E-state index contributed by atoms with van der Waals surface area (Å²) in [4.78, 5) is 17.2. The molecule has 0 spiro atoms. The number of rotatable bonds is 6. The Kier molecular flexibility index (Phi) is 6.33. The van der Waals surface area contributed by atoms with Crippen LogP contribution in [-0.4, -0.2) is 77.9 Å². The number of hydrogen-bond acceptors (Lipinski definition) is 8. The van der Waals surface area contributed by atoms with E-state index < -0.39 is 17.4 Å². The summed E-state index contributed by atoms with van der Waals surface area (Å²) in [6.45, 7) is 5.23. The predicted octanol–water partition coefficient (Wildman–Crippen LogP) is 2.41. The van der Waals surface area contributed by atoms with Gasteiger partial charge in [-0.15, -0.1) is 0 Å². The van der Waals surface area contributed by atoms with E-state index in [4.69, 9.17) is 4.74 Å². The van der Waals surface area contributed by atoms with Gasteiger partial charge < -0.3 is 25.0 Å². The van der Waals surface area contributed by atoms with Crippen LogP contribution in [0.4, 0.5) is 14.6 Å². The number of aromatic hydroxyl groups is 1. The molecular formula is C22H26F2N6O2.